The fraction of sp³-hybridized carbons (Fsp3) is 0.714. The number of benzene rings is 1. The first-order valence-electron chi connectivity index (χ1n) is 12.7. The van der Waals surface area contributed by atoms with E-state index in [1.165, 1.54) is 115 Å². The molecule has 1 nitrogen and oxygen atoms in total. The van der Waals surface area contributed by atoms with Gasteiger partial charge in [-0.25, -0.2) is 0 Å². The highest BCUT2D eigenvalue weighted by molar-refractivity contribution is 5.14. The maximum Gasteiger partial charge on any atom is 0.108 e. The molecular formula is C28H46O. The molecule has 0 N–H and O–H groups in total. The van der Waals surface area contributed by atoms with Crippen LogP contribution in [0.3, 0.4) is 0 Å². The average Bonchev–Trinajstić information content (AvgIpc) is 2.74. The van der Waals surface area contributed by atoms with Gasteiger partial charge in [0, 0.05) is 0 Å². The maximum atomic E-state index is 5.88. The molecule has 2 unspecified atom stereocenters. The molecular weight excluding hydrogens is 352 g/mol. The minimum absolute atomic E-state index is 0.468. The van der Waals surface area contributed by atoms with Crippen LogP contribution < -0.4 is 0 Å². The zero-order valence-corrected chi connectivity index (χ0v) is 19.2. The van der Waals surface area contributed by atoms with Gasteiger partial charge in [0.1, 0.15) is 6.10 Å². The third kappa shape index (κ3) is 10.4. The van der Waals surface area contributed by atoms with Crippen molar-refractivity contribution in [2.75, 3.05) is 0 Å². The third-order valence-corrected chi connectivity index (χ3v) is 6.58. The molecule has 2 rings (SSSR count). The molecule has 1 saturated heterocycles. The fourth-order valence-electron chi connectivity index (χ4n) is 4.63. The highest BCUT2D eigenvalue weighted by Crippen LogP contribution is 2.38. The molecule has 29 heavy (non-hydrogen) atoms. The van der Waals surface area contributed by atoms with E-state index < -0.39 is 0 Å². The molecule has 1 aliphatic heterocycles. The van der Waals surface area contributed by atoms with E-state index in [1.54, 1.807) is 0 Å². The smallest absolute Gasteiger partial charge is 0.108 e. The van der Waals surface area contributed by atoms with E-state index in [9.17, 15) is 0 Å². The van der Waals surface area contributed by atoms with Crippen LogP contribution in [-0.2, 0) is 11.2 Å². The lowest BCUT2D eigenvalue weighted by atomic mass is 9.86. The molecule has 2 atom stereocenters. The molecule has 1 heterocycles. The second-order valence-corrected chi connectivity index (χ2v) is 9.14. The standard InChI is InChI=1S/C28H46O/c1-3-4-5-6-7-8-9-10-11-12-19-24-28-27(25(2)29-28)23-18-14-17-22-26-20-15-13-16-21-26/h13,15-16,20-21,27-28H,2-12,14,17-19,22-24H2,1H3. The molecule has 1 aliphatic rings. The summed E-state index contributed by atoms with van der Waals surface area (Å²) in [5.74, 6) is 1.69. The molecule has 1 heteroatoms. The van der Waals surface area contributed by atoms with E-state index >= 15 is 0 Å². The fourth-order valence-corrected chi connectivity index (χ4v) is 4.63. The average molecular weight is 399 g/mol. The monoisotopic (exact) mass is 398 g/mol. The van der Waals surface area contributed by atoms with Crippen LogP contribution in [0.15, 0.2) is 42.7 Å². The summed E-state index contributed by atoms with van der Waals surface area (Å²) in [5, 5.41) is 0. The Bertz CT molecular complexity index is 520. The van der Waals surface area contributed by atoms with Crippen molar-refractivity contribution >= 4 is 0 Å². The third-order valence-electron chi connectivity index (χ3n) is 6.58. The van der Waals surface area contributed by atoms with Gasteiger partial charge < -0.3 is 4.74 Å². The van der Waals surface area contributed by atoms with Crippen molar-refractivity contribution in [2.24, 2.45) is 5.92 Å². The normalized spacial score (nSPS) is 18.4. The minimum Gasteiger partial charge on any atom is -0.494 e. The summed E-state index contributed by atoms with van der Waals surface area (Å²) in [6.45, 7) is 6.41. The Morgan fingerprint density at radius 1 is 0.690 bits per heavy atom. The Labute approximate surface area is 181 Å². The van der Waals surface area contributed by atoms with Crippen LogP contribution in [0, 0.1) is 5.92 Å². The Hall–Kier alpha value is -1.24. The number of aryl methyl sites for hydroxylation is 1. The molecule has 0 saturated carbocycles. The molecule has 1 fully saturated rings. The van der Waals surface area contributed by atoms with Gasteiger partial charge in [0.25, 0.3) is 0 Å². The number of ether oxygens (including phenoxy) is 1. The topological polar surface area (TPSA) is 9.23 Å². The summed E-state index contributed by atoms with van der Waals surface area (Å²) in [5.41, 5.74) is 1.47. The van der Waals surface area contributed by atoms with Crippen molar-refractivity contribution in [1.29, 1.82) is 0 Å². The van der Waals surface area contributed by atoms with E-state index in [-0.39, 0.29) is 0 Å². The van der Waals surface area contributed by atoms with E-state index in [0.717, 1.165) is 5.76 Å². The SMILES string of the molecule is C=C1OC(CCCCCCCCCCCCC)C1CCCCCc1ccccc1. The summed E-state index contributed by atoms with van der Waals surface area (Å²) in [4.78, 5) is 0. The molecule has 0 bridgehead atoms. The number of rotatable bonds is 18. The lowest BCUT2D eigenvalue weighted by Crippen LogP contribution is -2.37. The quantitative estimate of drug-likeness (QED) is 0.224. The zero-order valence-electron chi connectivity index (χ0n) is 19.2. The largest absolute Gasteiger partial charge is 0.494 e. The summed E-state index contributed by atoms with van der Waals surface area (Å²) in [6, 6.07) is 10.9. The van der Waals surface area contributed by atoms with Crippen LogP contribution in [0.4, 0.5) is 0 Å². The number of hydrogen-bond donors (Lipinski definition) is 0. The first-order chi connectivity index (χ1) is 14.3. The highest BCUT2D eigenvalue weighted by atomic mass is 16.5. The zero-order chi connectivity index (χ0) is 20.6. The van der Waals surface area contributed by atoms with Crippen LogP contribution >= 0.6 is 0 Å². The van der Waals surface area contributed by atoms with Crippen molar-refractivity contribution in [3.8, 4) is 0 Å². The van der Waals surface area contributed by atoms with Gasteiger partial charge in [-0.15, -0.1) is 0 Å². The molecule has 0 radical (unpaired) electrons. The van der Waals surface area contributed by atoms with Crippen LogP contribution in [0.25, 0.3) is 0 Å². The molecule has 1 aromatic rings. The van der Waals surface area contributed by atoms with Gasteiger partial charge in [0.05, 0.1) is 11.7 Å². The summed E-state index contributed by atoms with van der Waals surface area (Å²) in [6.07, 6.45) is 23.7. The maximum absolute atomic E-state index is 5.88. The lowest BCUT2D eigenvalue weighted by molar-refractivity contribution is -0.0524. The van der Waals surface area contributed by atoms with E-state index in [0.29, 0.717) is 12.0 Å². The van der Waals surface area contributed by atoms with Crippen molar-refractivity contribution < 1.29 is 4.74 Å². The predicted octanol–water partition coefficient (Wildman–Crippen LogP) is 9.02. The number of hydrogen-bond acceptors (Lipinski definition) is 1. The Morgan fingerprint density at radius 2 is 1.24 bits per heavy atom. The van der Waals surface area contributed by atoms with Gasteiger partial charge in [0.2, 0.25) is 0 Å². The first-order valence-corrected chi connectivity index (χ1v) is 12.7. The Kier molecular flexibility index (Phi) is 12.9. The van der Waals surface area contributed by atoms with Crippen LogP contribution in [0.5, 0.6) is 0 Å². The lowest BCUT2D eigenvalue weighted by Gasteiger charge is -2.40. The minimum atomic E-state index is 0.468. The Morgan fingerprint density at radius 3 is 1.86 bits per heavy atom. The van der Waals surface area contributed by atoms with Gasteiger partial charge >= 0.3 is 0 Å². The molecule has 0 aromatic heterocycles. The first kappa shape index (κ1) is 24.0. The van der Waals surface area contributed by atoms with E-state index in [4.69, 9.17) is 4.74 Å². The van der Waals surface area contributed by atoms with Crippen molar-refractivity contribution in [1.82, 2.24) is 0 Å². The van der Waals surface area contributed by atoms with Crippen LogP contribution in [0.2, 0.25) is 0 Å². The van der Waals surface area contributed by atoms with Gasteiger partial charge in [-0.3, -0.25) is 0 Å². The van der Waals surface area contributed by atoms with Gasteiger partial charge in [-0.05, 0) is 37.7 Å². The summed E-state index contributed by atoms with van der Waals surface area (Å²) >= 11 is 0. The Balaban J connectivity index is 1.40. The van der Waals surface area contributed by atoms with Crippen LogP contribution in [-0.4, -0.2) is 6.10 Å². The number of unbranched alkanes of at least 4 members (excludes halogenated alkanes) is 12. The van der Waals surface area contributed by atoms with Gasteiger partial charge in [0.15, 0.2) is 0 Å². The molecule has 1 aromatic carbocycles. The van der Waals surface area contributed by atoms with E-state index in [2.05, 4.69) is 43.8 Å². The van der Waals surface area contributed by atoms with E-state index in [1.807, 2.05) is 0 Å². The second kappa shape index (κ2) is 15.6. The van der Waals surface area contributed by atoms with Crippen LogP contribution in [0.1, 0.15) is 115 Å². The molecule has 0 aliphatic carbocycles. The van der Waals surface area contributed by atoms with Crippen molar-refractivity contribution in [3.05, 3.63) is 48.2 Å². The molecule has 0 spiro atoms. The van der Waals surface area contributed by atoms with Gasteiger partial charge in [-0.2, -0.15) is 0 Å². The van der Waals surface area contributed by atoms with Gasteiger partial charge in [-0.1, -0.05) is 121 Å². The molecule has 164 valence electrons. The van der Waals surface area contributed by atoms with Crippen molar-refractivity contribution in [2.45, 2.75) is 122 Å². The molecule has 0 amide bonds. The van der Waals surface area contributed by atoms with Crippen molar-refractivity contribution in [3.63, 3.8) is 0 Å². The summed E-state index contributed by atoms with van der Waals surface area (Å²) < 4.78 is 5.88. The second-order valence-electron chi connectivity index (χ2n) is 9.14. The highest BCUT2D eigenvalue weighted by Gasteiger charge is 2.35. The predicted molar refractivity (Wildman–Crippen MR) is 127 cm³/mol. The summed E-state index contributed by atoms with van der Waals surface area (Å²) in [7, 11) is 0.